The lowest BCUT2D eigenvalue weighted by Gasteiger charge is -2.28. The van der Waals surface area contributed by atoms with Crippen LogP contribution in [0.25, 0.3) is 0 Å². The van der Waals surface area contributed by atoms with Crippen LogP contribution >= 0.6 is 11.6 Å². The Labute approximate surface area is 128 Å². The first-order valence-corrected chi connectivity index (χ1v) is 7.35. The highest BCUT2D eigenvalue weighted by Gasteiger charge is 2.24. The first-order chi connectivity index (χ1) is 10.1. The standard InChI is InChI=1S/C17H16ClFO2/c18-13-7-12(8-14(19)9-13)16(20)10-17-15-4-2-1-3-11(15)5-6-21-17/h1-4,7-9,16-17,20H,5-6,10H2. The van der Waals surface area contributed by atoms with Gasteiger partial charge in [0.25, 0.3) is 0 Å². The number of hydrogen-bond acceptors (Lipinski definition) is 2. The quantitative estimate of drug-likeness (QED) is 0.920. The number of rotatable bonds is 3. The Kier molecular flexibility index (Phi) is 4.24. The minimum absolute atomic E-state index is 0.174. The van der Waals surface area contributed by atoms with E-state index in [0.717, 1.165) is 12.0 Å². The maximum Gasteiger partial charge on any atom is 0.125 e. The van der Waals surface area contributed by atoms with Crippen molar-refractivity contribution < 1.29 is 14.2 Å². The Morgan fingerprint density at radius 3 is 2.90 bits per heavy atom. The van der Waals surface area contributed by atoms with Gasteiger partial charge in [-0.2, -0.15) is 0 Å². The van der Waals surface area contributed by atoms with E-state index in [1.165, 1.54) is 17.7 Å². The van der Waals surface area contributed by atoms with Crippen molar-refractivity contribution in [2.24, 2.45) is 0 Å². The average Bonchev–Trinajstić information content (AvgIpc) is 2.46. The van der Waals surface area contributed by atoms with Gasteiger partial charge in [-0.05, 0) is 41.3 Å². The predicted octanol–water partition coefficient (Wildman–Crippen LogP) is 4.22. The molecule has 1 aliphatic rings. The molecule has 2 nitrogen and oxygen atoms in total. The lowest BCUT2D eigenvalue weighted by atomic mass is 9.92. The van der Waals surface area contributed by atoms with E-state index in [4.69, 9.17) is 16.3 Å². The summed E-state index contributed by atoms with van der Waals surface area (Å²) in [5.41, 5.74) is 2.83. The Bertz CT molecular complexity index is 624. The van der Waals surface area contributed by atoms with Crippen LogP contribution < -0.4 is 0 Å². The molecule has 0 saturated heterocycles. The number of hydrogen-bond donors (Lipinski definition) is 1. The molecular weight excluding hydrogens is 291 g/mol. The van der Waals surface area contributed by atoms with E-state index in [0.29, 0.717) is 18.6 Å². The van der Waals surface area contributed by atoms with E-state index in [1.54, 1.807) is 6.07 Å². The van der Waals surface area contributed by atoms with Gasteiger partial charge in [0, 0.05) is 11.4 Å². The Morgan fingerprint density at radius 1 is 1.29 bits per heavy atom. The molecule has 3 rings (SSSR count). The van der Waals surface area contributed by atoms with Gasteiger partial charge in [-0.1, -0.05) is 35.9 Å². The van der Waals surface area contributed by atoms with Gasteiger partial charge in [-0.3, -0.25) is 0 Å². The van der Waals surface area contributed by atoms with Crippen molar-refractivity contribution in [3.8, 4) is 0 Å². The molecule has 0 bridgehead atoms. The van der Waals surface area contributed by atoms with Crippen LogP contribution in [0, 0.1) is 5.82 Å². The normalized spacial score (nSPS) is 19.1. The summed E-state index contributed by atoms with van der Waals surface area (Å²) in [4.78, 5) is 0. The second-order valence-corrected chi connectivity index (χ2v) is 5.70. The molecule has 2 atom stereocenters. The molecule has 0 saturated carbocycles. The van der Waals surface area contributed by atoms with Gasteiger partial charge < -0.3 is 9.84 Å². The van der Waals surface area contributed by atoms with Crippen LogP contribution in [-0.2, 0) is 11.2 Å². The van der Waals surface area contributed by atoms with Crippen molar-refractivity contribution >= 4 is 11.6 Å². The van der Waals surface area contributed by atoms with Gasteiger partial charge in [-0.25, -0.2) is 4.39 Å². The fourth-order valence-electron chi connectivity index (χ4n) is 2.78. The SMILES string of the molecule is OC(CC1OCCc2ccccc21)c1cc(F)cc(Cl)c1. The average molecular weight is 307 g/mol. The smallest absolute Gasteiger partial charge is 0.125 e. The first-order valence-electron chi connectivity index (χ1n) is 6.97. The first kappa shape index (κ1) is 14.5. The van der Waals surface area contributed by atoms with E-state index in [-0.39, 0.29) is 11.1 Å². The zero-order chi connectivity index (χ0) is 14.8. The molecule has 2 aromatic rings. The van der Waals surface area contributed by atoms with E-state index >= 15 is 0 Å². The van der Waals surface area contributed by atoms with Gasteiger partial charge in [0.2, 0.25) is 0 Å². The molecule has 0 radical (unpaired) electrons. The van der Waals surface area contributed by atoms with Crippen molar-refractivity contribution in [2.75, 3.05) is 6.61 Å². The molecule has 0 fully saturated rings. The maximum absolute atomic E-state index is 13.4. The molecule has 0 aromatic heterocycles. The van der Waals surface area contributed by atoms with Gasteiger partial charge in [0.15, 0.2) is 0 Å². The number of fused-ring (bicyclic) bond motifs is 1. The van der Waals surface area contributed by atoms with Crippen LogP contribution in [-0.4, -0.2) is 11.7 Å². The second kappa shape index (κ2) is 6.14. The van der Waals surface area contributed by atoms with Crippen LogP contribution in [0.2, 0.25) is 5.02 Å². The van der Waals surface area contributed by atoms with E-state index < -0.39 is 11.9 Å². The van der Waals surface area contributed by atoms with Crippen molar-refractivity contribution in [3.63, 3.8) is 0 Å². The lowest BCUT2D eigenvalue weighted by molar-refractivity contribution is 0.00371. The molecule has 0 spiro atoms. The third kappa shape index (κ3) is 3.26. The number of benzene rings is 2. The van der Waals surface area contributed by atoms with Crippen molar-refractivity contribution in [1.82, 2.24) is 0 Å². The molecule has 1 aliphatic heterocycles. The second-order valence-electron chi connectivity index (χ2n) is 5.26. The predicted molar refractivity (Wildman–Crippen MR) is 79.8 cm³/mol. The fraction of sp³-hybridized carbons (Fsp3) is 0.294. The fourth-order valence-corrected chi connectivity index (χ4v) is 3.01. The summed E-state index contributed by atoms with van der Waals surface area (Å²) >= 11 is 5.84. The minimum Gasteiger partial charge on any atom is -0.388 e. The molecule has 4 heteroatoms. The molecule has 2 aromatic carbocycles. The Balaban J connectivity index is 1.81. The highest BCUT2D eigenvalue weighted by atomic mass is 35.5. The summed E-state index contributed by atoms with van der Waals surface area (Å²) < 4.78 is 19.1. The number of aliphatic hydroxyl groups is 1. The summed E-state index contributed by atoms with van der Waals surface area (Å²) in [5, 5.41) is 10.6. The highest BCUT2D eigenvalue weighted by Crippen LogP contribution is 2.34. The topological polar surface area (TPSA) is 29.5 Å². The van der Waals surface area contributed by atoms with Crippen molar-refractivity contribution in [3.05, 3.63) is 70.0 Å². The minimum atomic E-state index is -0.811. The molecule has 0 aliphatic carbocycles. The van der Waals surface area contributed by atoms with Crippen LogP contribution in [0.4, 0.5) is 4.39 Å². The monoisotopic (exact) mass is 306 g/mol. The van der Waals surface area contributed by atoms with Crippen molar-refractivity contribution in [1.29, 1.82) is 0 Å². The molecule has 0 amide bonds. The number of aliphatic hydroxyl groups excluding tert-OH is 1. The summed E-state index contributed by atoms with van der Waals surface area (Å²) in [6, 6.07) is 12.2. The van der Waals surface area contributed by atoms with Crippen LogP contribution in [0.5, 0.6) is 0 Å². The van der Waals surface area contributed by atoms with Gasteiger partial charge in [0.05, 0.1) is 18.8 Å². The summed E-state index contributed by atoms with van der Waals surface area (Å²) in [6.07, 6.45) is 0.284. The van der Waals surface area contributed by atoms with Crippen LogP contribution in [0.1, 0.15) is 35.3 Å². The van der Waals surface area contributed by atoms with Gasteiger partial charge >= 0.3 is 0 Å². The zero-order valence-corrected chi connectivity index (χ0v) is 12.2. The molecule has 1 N–H and O–H groups in total. The van der Waals surface area contributed by atoms with E-state index in [1.807, 2.05) is 18.2 Å². The highest BCUT2D eigenvalue weighted by molar-refractivity contribution is 6.30. The largest absolute Gasteiger partial charge is 0.388 e. The molecule has 21 heavy (non-hydrogen) atoms. The molecule has 2 unspecified atom stereocenters. The zero-order valence-electron chi connectivity index (χ0n) is 11.4. The Morgan fingerprint density at radius 2 is 2.10 bits per heavy atom. The van der Waals surface area contributed by atoms with E-state index in [9.17, 15) is 9.50 Å². The van der Waals surface area contributed by atoms with Gasteiger partial charge in [0.1, 0.15) is 5.82 Å². The Hall–Kier alpha value is -1.42. The number of halogens is 2. The summed E-state index contributed by atoms with van der Waals surface area (Å²) in [6.45, 7) is 0.637. The van der Waals surface area contributed by atoms with Crippen LogP contribution in [0.3, 0.4) is 0 Å². The molecule has 1 heterocycles. The maximum atomic E-state index is 13.4. The molecule has 110 valence electrons. The number of ether oxygens (including phenoxy) is 1. The lowest BCUT2D eigenvalue weighted by Crippen LogP contribution is -2.18. The van der Waals surface area contributed by atoms with Crippen LogP contribution in [0.15, 0.2) is 42.5 Å². The van der Waals surface area contributed by atoms with Gasteiger partial charge in [-0.15, -0.1) is 0 Å². The third-order valence-electron chi connectivity index (χ3n) is 3.80. The van der Waals surface area contributed by atoms with Crippen molar-refractivity contribution in [2.45, 2.75) is 25.0 Å². The third-order valence-corrected chi connectivity index (χ3v) is 4.02. The molecular formula is C17H16ClFO2. The summed E-state index contributed by atoms with van der Waals surface area (Å²) in [5.74, 6) is -0.443. The van der Waals surface area contributed by atoms with E-state index in [2.05, 4.69) is 6.07 Å². The summed E-state index contributed by atoms with van der Waals surface area (Å²) in [7, 11) is 0.